The van der Waals surface area contributed by atoms with Crippen LogP contribution in [-0.4, -0.2) is 57.1 Å². The number of halogens is 1. The number of carbonyl (C=O) groups is 2. The monoisotopic (exact) mass is 617 g/mol. The van der Waals surface area contributed by atoms with Gasteiger partial charge in [-0.1, -0.05) is 42.8 Å². The average Bonchev–Trinajstić information content (AvgIpc) is 2.97. The number of thioether (sulfide) groups is 1. The first-order valence-electron chi connectivity index (χ1n) is 13.3. The molecule has 1 N–H and O–H groups in total. The Balaban J connectivity index is 2.07. The summed E-state index contributed by atoms with van der Waals surface area (Å²) in [7, 11) is -4.21. The van der Waals surface area contributed by atoms with Crippen molar-refractivity contribution in [3.05, 3.63) is 83.4 Å². The number of nitrogens with one attached hydrogen (secondary N) is 1. The Morgan fingerprint density at radius 2 is 1.73 bits per heavy atom. The Bertz CT molecular complexity index is 1430. The lowest BCUT2D eigenvalue weighted by Gasteiger charge is -2.32. The lowest BCUT2D eigenvalue weighted by atomic mass is 10.1. The highest BCUT2D eigenvalue weighted by atomic mass is 35.5. The summed E-state index contributed by atoms with van der Waals surface area (Å²) in [5.41, 5.74) is 0.931. The van der Waals surface area contributed by atoms with Gasteiger partial charge in [0.15, 0.2) is 0 Å². The first kappa shape index (κ1) is 32.3. The fraction of sp³-hybridized carbons (Fsp3) is 0.333. The minimum absolute atomic E-state index is 0.0320. The van der Waals surface area contributed by atoms with Gasteiger partial charge >= 0.3 is 0 Å². The van der Waals surface area contributed by atoms with Crippen molar-refractivity contribution in [1.82, 2.24) is 10.2 Å². The van der Waals surface area contributed by atoms with Crippen molar-refractivity contribution in [3.8, 4) is 5.75 Å². The summed E-state index contributed by atoms with van der Waals surface area (Å²) in [6.07, 6.45) is 2.63. The van der Waals surface area contributed by atoms with Gasteiger partial charge in [-0.05, 0) is 80.6 Å². The van der Waals surface area contributed by atoms with E-state index in [4.69, 9.17) is 16.3 Å². The summed E-state index contributed by atoms with van der Waals surface area (Å²) >= 11 is 7.69. The molecule has 0 aromatic heterocycles. The second kappa shape index (κ2) is 15.1. The molecule has 0 aliphatic rings. The lowest BCUT2D eigenvalue weighted by molar-refractivity contribution is -0.139. The van der Waals surface area contributed by atoms with Crippen LogP contribution in [0.4, 0.5) is 5.69 Å². The zero-order valence-corrected chi connectivity index (χ0v) is 26.1. The van der Waals surface area contributed by atoms with E-state index in [1.54, 1.807) is 74.5 Å². The Morgan fingerprint density at radius 1 is 1.02 bits per heavy atom. The highest BCUT2D eigenvalue weighted by Gasteiger charge is 2.33. The van der Waals surface area contributed by atoms with Crippen LogP contribution in [0, 0.1) is 0 Å². The number of ether oxygens (including phenoxy) is 1. The molecular formula is C30H36ClN3O5S2. The number of sulfonamides is 1. The normalized spacial score (nSPS) is 11.9. The fourth-order valence-corrected chi connectivity index (χ4v) is 6.19. The molecule has 0 unspecified atom stereocenters. The molecular weight excluding hydrogens is 582 g/mol. The molecule has 8 nitrogen and oxygen atoms in total. The molecule has 0 saturated heterocycles. The third-order valence-electron chi connectivity index (χ3n) is 6.32. The number of hydrogen-bond donors (Lipinski definition) is 1. The van der Waals surface area contributed by atoms with Crippen LogP contribution in [-0.2, 0) is 26.2 Å². The first-order chi connectivity index (χ1) is 19.6. The van der Waals surface area contributed by atoms with Crippen LogP contribution < -0.4 is 14.4 Å². The highest BCUT2D eigenvalue weighted by molar-refractivity contribution is 7.98. The largest absolute Gasteiger partial charge is 0.492 e. The summed E-state index contributed by atoms with van der Waals surface area (Å²) in [4.78, 5) is 29.4. The molecule has 3 rings (SSSR count). The minimum Gasteiger partial charge on any atom is -0.492 e. The van der Waals surface area contributed by atoms with Gasteiger partial charge in [-0.3, -0.25) is 13.9 Å². The number of anilines is 1. The predicted octanol–water partition coefficient (Wildman–Crippen LogP) is 5.60. The number of para-hydroxylation sites is 2. The van der Waals surface area contributed by atoms with E-state index in [1.165, 1.54) is 28.8 Å². The average molecular weight is 618 g/mol. The maximum atomic E-state index is 14.1. The molecule has 1 atom stereocenters. The van der Waals surface area contributed by atoms with Crippen LogP contribution in [0.5, 0.6) is 5.75 Å². The number of hydrogen-bond acceptors (Lipinski definition) is 6. The van der Waals surface area contributed by atoms with Gasteiger partial charge in [0.1, 0.15) is 18.3 Å². The smallest absolute Gasteiger partial charge is 0.264 e. The zero-order chi connectivity index (χ0) is 30.0. The van der Waals surface area contributed by atoms with Gasteiger partial charge in [0, 0.05) is 23.0 Å². The van der Waals surface area contributed by atoms with Crippen molar-refractivity contribution >= 4 is 50.9 Å². The minimum atomic E-state index is -4.21. The van der Waals surface area contributed by atoms with Crippen molar-refractivity contribution in [1.29, 1.82) is 0 Å². The van der Waals surface area contributed by atoms with E-state index in [-0.39, 0.29) is 23.0 Å². The zero-order valence-electron chi connectivity index (χ0n) is 23.7. The fourth-order valence-electron chi connectivity index (χ4n) is 4.14. The Labute approximate surface area is 252 Å². The molecule has 0 aliphatic carbocycles. The van der Waals surface area contributed by atoms with E-state index in [9.17, 15) is 18.0 Å². The first-order valence-corrected chi connectivity index (χ1v) is 16.4. The summed E-state index contributed by atoms with van der Waals surface area (Å²) < 4.78 is 35.0. The van der Waals surface area contributed by atoms with E-state index in [0.29, 0.717) is 29.5 Å². The Morgan fingerprint density at radius 3 is 2.37 bits per heavy atom. The lowest BCUT2D eigenvalue weighted by Crippen LogP contribution is -2.51. The third kappa shape index (κ3) is 8.40. The molecule has 11 heteroatoms. The molecule has 0 saturated carbocycles. The molecule has 0 aliphatic heterocycles. The molecule has 0 spiro atoms. The Kier molecular flexibility index (Phi) is 11.9. The van der Waals surface area contributed by atoms with Crippen LogP contribution in [0.15, 0.2) is 82.6 Å². The SMILES string of the molecule is CCCNC(=O)[C@H](C)N(Cc1cccc(Cl)c1)C(=O)CN(c1ccccc1OCC)S(=O)(=O)c1ccc(SC)cc1. The van der Waals surface area contributed by atoms with Gasteiger partial charge in [-0.15, -0.1) is 11.8 Å². The van der Waals surface area contributed by atoms with Crippen LogP contribution >= 0.6 is 23.4 Å². The van der Waals surface area contributed by atoms with Crippen LogP contribution in [0.2, 0.25) is 5.02 Å². The molecule has 0 radical (unpaired) electrons. The van der Waals surface area contributed by atoms with Crippen molar-refractivity contribution in [2.45, 2.75) is 49.6 Å². The predicted molar refractivity (Wildman–Crippen MR) is 165 cm³/mol. The number of amides is 2. The van der Waals surface area contributed by atoms with Gasteiger partial charge in [-0.2, -0.15) is 0 Å². The van der Waals surface area contributed by atoms with E-state index in [2.05, 4.69) is 5.32 Å². The number of rotatable bonds is 14. The van der Waals surface area contributed by atoms with E-state index in [1.807, 2.05) is 13.2 Å². The molecule has 2 amide bonds. The van der Waals surface area contributed by atoms with E-state index < -0.39 is 28.5 Å². The van der Waals surface area contributed by atoms with Crippen molar-refractivity contribution in [3.63, 3.8) is 0 Å². The highest BCUT2D eigenvalue weighted by Crippen LogP contribution is 2.33. The number of nitrogens with zero attached hydrogens (tertiary/aromatic N) is 2. The standard InChI is InChI=1S/C30H36ClN3O5S2/c1-5-18-32-30(36)22(3)33(20-23-10-9-11-24(31)19-23)29(35)21-34(27-12-7-8-13-28(27)39-6-2)41(37,38)26-16-14-25(40-4)15-17-26/h7-17,19,22H,5-6,18,20-21H2,1-4H3,(H,32,36)/t22-/m0/s1. The number of carbonyl (C=O) groups excluding carboxylic acids is 2. The quantitative estimate of drug-likeness (QED) is 0.237. The summed E-state index contributed by atoms with van der Waals surface area (Å²) in [6.45, 7) is 5.62. The van der Waals surface area contributed by atoms with Gasteiger partial charge in [0.25, 0.3) is 10.0 Å². The topological polar surface area (TPSA) is 96.0 Å². The summed E-state index contributed by atoms with van der Waals surface area (Å²) in [6, 6.07) is 19.3. The molecule has 0 fully saturated rings. The molecule has 0 heterocycles. The van der Waals surface area contributed by atoms with E-state index >= 15 is 0 Å². The van der Waals surface area contributed by atoms with Crippen LogP contribution in [0.25, 0.3) is 0 Å². The van der Waals surface area contributed by atoms with Gasteiger partial charge < -0.3 is 15.0 Å². The van der Waals surface area contributed by atoms with Crippen molar-refractivity contribution < 1.29 is 22.7 Å². The van der Waals surface area contributed by atoms with Crippen LogP contribution in [0.1, 0.15) is 32.8 Å². The van der Waals surface area contributed by atoms with Gasteiger partial charge in [0.05, 0.1) is 17.2 Å². The van der Waals surface area contributed by atoms with E-state index in [0.717, 1.165) is 15.6 Å². The second-order valence-electron chi connectivity index (χ2n) is 9.21. The van der Waals surface area contributed by atoms with Gasteiger partial charge in [-0.25, -0.2) is 8.42 Å². The summed E-state index contributed by atoms with van der Waals surface area (Å²) in [5, 5.41) is 3.32. The van der Waals surface area contributed by atoms with Gasteiger partial charge in [0.2, 0.25) is 11.8 Å². The Hall–Kier alpha value is -3.21. The number of benzene rings is 3. The summed E-state index contributed by atoms with van der Waals surface area (Å²) in [5.74, 6) is -0.569. The van der Waals surface area contributed by atoms with Crippen molar-refractivity contribution in [2.24, 2.45) is 0 Å². The molecule has 41 heavy (non-hydrogen) atoms. The third-order valence-corrected chi connectivity index (χ3v) is 9.07. The molecule has 220 valence electrons. The van der Waals surface area contributed by atoms with Crippen molar-refractivity contribution in [2.75, 3.05) is 30.3 Å². The molecule has 0 bridgehead atoms. The van der Waals surface area contributed by atoms with Crippen LogP contribution in [0.3, 0.4) is 0 Å². The second-order valence-corrected chi connectivity index (χ2v) is 12.4. The maximum Gasteiger partial charge on any atom is 0.264 e. The molecule has 3 aromatic rings. The molecule has 3 aromatic carbocycles. The maximum absolute atomic E-state index is 14.1.